The molecule has 3 aromatic heterocycles. The van der Waals surface area contributed by atoms with E-state index in [0.29, 0.717) is 5.82 Å². The maximum Gasteiger partial charge on any atom is 0.162 e. The zero-order valence-electron chi connectivity index (χ0n) is 30.1. The number of aromatic nitrogens is 2. The Hall–Kier alpha value is -6.66. The van der Waals surface area contributed by atoms with Crippen LogP contribution in [0.2, 0.25) is 0 Å². The van der Waals surface area contributed by atoms with Gasteiger partial charge in [-0.3, -0.25) is 4.90 Å². The second kappa shape index (κ2) is 12.2. The number of anilines is 3. The van der Waals surface area contributed by atoms with Crippen molar-refractivity contribution in [1.82, 2.24) is 9.97 Å². The van der Waals surface area contributed by atoms with Gasteiger partial charge in [-0.05, 0) is 102 Å². The van der Waals surface area contributed by atoms with Gasteiger partial charge in [0.2, 0.25) is 0 Å². The molecule has 0 radical (unpaired) electrons. The molecular weight excluding hydrogens is 719 g/mol. The molecule has 0 fully saturated rings. The summed E-state index contributed by atoms with van der Waals surface area (Å²) in [4.78, 5) is 15.9. The van der Waals surface area contributed by atoms with Crippen molar-refractivity contribution >= 4 is 61.4 Å². The Balaban J connectivity index is 1.17. The summed E-state index contributed by atoms with van der Waals surface area (Å²) in [6, 6.07) is 63.8. The van der Waals surface area contributed by atoms with E-state index >= 15 is 0 Å². The van der Waals surface area contributed by atoms with E-state index in [4.69, 9.17) is 9.97 Å². The lowest BCUT2D eigenvalue weighted by molar-refractivity contribution is 0.758. The van der Waals surface area contributed by atoms with E-state index in [1.54, 1.807) is 0 Å². The van der Waals surface area contributed by atoms with Gasteiger partial charge in [0.1, 0.15) is 5.82 Å². The van der Waals surface area contributed by atoms with Crippen molar-refractivity contribution in [2.45, 2.75) is 5.41 Å². The summed E-state index contributed by atoms with van der Waals surface area (Å²) >= 11 is 3.71. The fourth-order valence-corrected chi connectivity index (χ4v) is 11.2. The van der Waals surface area contributed by atoms with Gasteiger partial charge in [0.05, 0.1) is 22.5 Å². The van der Waals surface area contributed by atoms with Crippen LogP contribution in [0.1, 0.15) is 22.3 Å². The lowest BCUT2D eigenvalue weighted by Crippen LogP contribution is -2.36. The summed E-state index contributed by atoms with van der Waals surface area (Å²) in [6.45, 7) is 0. The molecule has 0 amide bonds. The van der Waals surface area contributed by atoms with Crippen molar-refractivity contribution in [2.24, 2.45) is 0 Å². The number of hydrogen-bond donors (Lipinski definition) is 0. The molecule has 0 unspecified atom stereocenters. The van der Waals surface area contributed by atoms with Crippen LogP contribution in [-0.4, -0.2) is 9.97 Å². The zero-order valence-corrected chi connectivity index (χ0v) is 31.7. The fraction of sp³-hybridized carbons (Fsp3) is 0.0196. The minimum Gasteiger partial charge on any atom is -0.294 e. The first-order chi connectivity index (χ1) is 27.7. The van der Waals surface area contributed by atoms with Crippen LogP contribution in [-0.2, 0) is 5.41 Å². The Labute approximate surface area is 332 Å². The topological polar surface area (TPSA) is 29.0 Å². The Kier molecular flexibility index (Phi) is 6.88. The van der Waals surface area contributed by atoms with E-state index in [2.05, 4.69) is 192 Å². The van der Waals surface area contributed by atoms with Crippen LogP contribution in [0.5, 0.6) is 0 Å². The monoisotopic (exact) mass is 749 g/mol. The average molecular weight is 750 g/mol. The molecule has 0 saturated heterocycles. The van der Waals surface area contributed by atoms with Crippen LogP contribution in [0.25, 0.3) is 65.1 Å². The number of benzene rings is 7. The van der Waals surface area contributed by atoms with Crippen molar-refractivity contribution in [3.05, 3.63) is 209 Å². The lowest BCUT2D eigenvalue weighted by Gasteiger charge is -2.44. The molecule has 0 N–H and O–H groups in total. The van der Waals surface area contributed by atoms with Gasteiger partial charge in [-0.2, -0.15) is 0 Å². The van der Waals surface area contributed by atoms with Gasteiger partial charge in [-0.25, -0.2) is 9.97 Å². The second-order valence-corrected chi connectivity index (χ2v) is 16.4. The molecule has 0 bridgehead atoms. The summed E-state index contributed by atoms with van der Waals surface area (Å²) < 4.78 is 0. The SMILES string of the molecule is c1ccc(-c2ccc(-c3nc(-c4ccccc4)cc(N4c5cc6ccccc6cc5C5(c6cc7ccccc7cc64)c4ccsc4-c4sccc45)n3)cc2)cc1. The van der Waals surface area contributed by atoms with E-state index < -0.39 is 5.41 Å². The molecule has 7 aromatic carbocycles. The third-order valence-electron chi connectivity index (χ3n) is 11.6. The standard InChI is InChI=1S/C51H31N3S2/c1-3-11-32(12-4-1)33-19-21-35(22-20-33)50-52-44(34-13-5-2-6-14-34)31-47(53-50)54-45-29-38-17-9-7-15-36(38)27-42(45)51(40-23-25-55-48(40)49-41(51)24-26-56-49)43-28-37-16-8-10-18-39(37)30-46(43)54/h1-31H. The van der Waals surface area contributed by atoms with Crippen molar-refractivity contribution in [3.63, 3.8) is 0 Å². The van der Waals surface area contributed by atoms with Gasteiger partial charge in [-0.15, -0.1) is 22.7 Å². The first kappa shape index (κ1) is 31.7. The number of hydrogen-bond acceptors (Lipinski definition) is 5. The first-order valence-electron chi connectivity index (χ1n) is 18.9. The van der Waals surface area contributed by atoms with Gasteiger partial charge in [0, 0.05) is 26.9 Å². The highest BCUT2D eigenvalue weighted by atomic mass is 32.1. The largest absolute Gasteiger partial charge is 0.294 e. The van der Waals surface area contributed by atoms with Crippen LogP contribution in [0.3, 0.4) is 0 Å². The molecule has 12 rings (SSSR count). The molecule has 1 aliphatic heterocycles. The molecule has 56 heavy (non-hydrogen) atoms. The Morgan fingerprint density at radius 3 is 1.41 bits per heavy atom. The smallest absolute Gasteiger partial charge is 0.162 e. The van der Waals surface area contributed by atoms with E-state index in [-0.39, 0.29) is 0 Å². The number of nitrogens with zero attached hydrogens (tertiary/aromatic N) is 3. The molecule has 2 aliphatic rings. The van der Waals surface area contributed by atoms with Crippen molar-refractivity contribution < 1.29 is 0 Å². The lowest BCUT2D eigenvalue weighted by atomic mass is 9.64. The molecule has 3 nitrogen and oxygen atoms in total. The maximum absolute atomic E-state index is 5.52. The van der Waals surface area contributed by atoms with Gasteiger partial charge in [-0.1, -0.05) is 133 Å². The molecule has 10 aromatic rings. The number of fused-ring (bicyclic) bond motifs is 11. The Morgan fingerprint density at radius 2 is 0.857 bits per heavy atom. The van der Waals surface area contributed by atoms with Crippen LogP contribution < -0.4 is 4.90 Å². The van der Waals surface area contributed by atoms with E-state index in [1.807, 2.05) is 22.7 Å². The summed E-state index contributed by atoms with van der Waals surface area (Å²) in [5.41, 5.74) is 12.3. The highest BCUT2D eigenvalue weighted by Crippen LogP contribution is 2.66. The van der Waals surface area contributed by atoms with Crippen LogP contribution in [0, 0.1) is 0 Å². The van der Waals surface area contributed by atoms with E-state index in [0.717, 1.165) is 39.6 Å². The highest BCUT2D eigenvalue weighted by molar-refractivity contribution is 7.21. The summed E-state index contributed by atoms with van der Waals surface area (Å²) in [5.74, 6) is 1.52. The average Bonchev–Trinajstić information content (AvgIpc) is 4.00. The highest BCUT2D eigenvalue weighted by Gasteiger charge is 2.53. The molecule has 262 valence electrons. The van der Waals surface area contributed by atoms with E-state index in [1.165, 1.54) is 59.1 Å². The van der Waals surface area contributed by atoms with Gasteiger partial charge in [0.25, 0.3) is 0 Å². The quantitative estimate of drug-likeness (QED) is 0.179. The summed E-state index contributed by atoms with van der Waals surface area (Å²) in [7, 11) is 0. The first-order valence-corrected chi connectivity index (χ1v) is 20.6. The third kappa shape index (κ3) is 4.56. The third-order valence-corrected chi connectivity index (χ3v) is 13.6. The zero-order chi connectivity index (χ0) is 36.8. The summed E-state index contributed by atoms with van der Waals surface area (Å²) in [5, 5.41) is 9.38. The number of thiophene rings is 2. The normalized spacial score (nSPS) is 13.5. The molecule has 0 saturated carbocycles. The van der Waals surface area contributed by atoms with Gasteiger partial charge in [0.15, 0.2) is 5.82 Å². The predicted octanol–water partition coefficient (Wildman–Crippen LogP) is 14.1. The summed E-state index contributed by atoms with van der Waals surface area (Å²) in [6.07, 6.45) is 0. The minimum atomic E-state index is -0.495. The van der Waals surface area contributed by atoms with Crippen molar-refractivity contribution in [1.29, 1.82) is 0 Å². The van der Waals surface area contributed by atoms with Crippen LogP contribution >= 0.6 is 22.7 Å². The Morgan fingerprint density at radius 1 is 0.393 bits per heavy atom. The van der Waals surface area contributed by atoms with Crippen LogP contribution in [0.4, 0.5) is 17.2 Å². The van der Waals surface area contributed by atoms with E-state index in [9.17, 15) is 0 Å². The molecular formula is C51H31N3S2. The molecule has 4 heterocycles. The number of rotatable bonds is 4. The fourth-order valence-electron chi connectivity index (χ4n) is 9.11. The van der Waals surface area contributed by atoms with Gasteiger partial charge < -0.3 is 0 Å². The second-order valence-electron chi connectivity index (χ2n) is 14.6. The van der Waals surface area contributed by atoms with Crippen molar-refractivity contribution in [2.75, 3.05) is 4.90 Å². The van der Waals surface area contributed by atoms with Crippen molar-refractivity contribution in [3.8, 4) is 43.5 Å². The predicted molar refractivity (Wildman–Crippen MR) is 235 cm³/mol. The molecule has 1 aliphatic carbocycles. The maximum atomic E-state index is 5.52. The minimum absolute atomic E-state index is 0.495. The molecule has 0 atom stereocenters. The Bertz CT molecular complexity index is 3010. The molecule has 5 heteroatoms. The van der Waals surface area contributed by atoms with Crippen LogP contribution in [0.15, 0.2) is 187 Å². The van der Waals surface area contributed by atoms with Gasteiger partial charge >= 0.3 is 0 Å². The molecule has 1 spiro atoms.